The van der Waals surface area contributed by atoms with E-state index in [9.17, 15) is 0 Å². The van der Waals surface area contributed by atoms with Crippen LogP contribution in [0.5, 0.6) is 0 Å². The molecule has 1 atom stereocenters. The van der Waals surface area contributed by atoms with Gasteiger partial charge in [-0.3, -0.25) is 0 Å². The van der Waals surface area contributed by atoms with Crippen LogP contribution in [0.15, 0.2) is 28.7 Å². The molecule has 102 valence electrons. The molecule has 1 aromatic carbocycles. The molecule has 0 aliphatic heterocycles. The van der Waals surface area contributed by atoms with E-state index < -0.39 is 0 Å². The summed E-state index contributed by atoms with van der Waals surface area (Å²) >= 11 is 0. The second-order valence-electron chi connectivity index (χ2n) is 6.37. The molecule has 1 aromatic heterocycles. The van der Waals surface area contributed by atoms with Crippen molar-refractivity contribution in [2.75, 3.05) is 6.54 Å². The van der Waals surface area contributed by atoms with Crippen molar-refractivity contribution in [3.05, 3.63) is 35.6 Å². The Labute approximate surface area is 115 Å². The maximum absolute atomic E-state index is 5.92. The molecule has 1 aliphatic rings. The molecule has 19 heavy (non-hydrogen) atoms. The van der Waals surface area contributed by atoms with Crippen LogP contribution < -0.4 is 5.32 Å². The quantitative estimate of drug-likeness (QED) is 0.871. The van der Waals surface area contributed by atoms with Crippen LogP contribution in [0.25, 0.3) is 11.0 Å². The fourth-order valence-corrected chi connectivity index (χ4v) is 2.92. The number of furan rings is 1. The number of rotatable bonds is 5. The van der Waals surface area contributed by atoms with Crippen molar-refractivity contribution in [2.45, 2.75) is 40.2 Å². The second kappa shape index (κ2) is 4.68. The molecule has 0 radical (unpaired) electrons. The lowest BCUT2D eigenvalue weighted by Crippen LogP contribution is -2.18. The number of aryl methyl sites for hydroxylation is 1. The van der Waals surface area contributed by atoms with Crippen molar-refractivity contribution in [3.63, 3.8) is 0 Å². The lowest BCUT2D eigenvalue weighted by molar-refractivity contribution is 0.511. The molecule has 0 bridgehead atoms. The lowest BCUT2D eigenvalue weighted by atomic mass is 10.1. The van der Waals surface area contributed by atoms with E-state index in [-0.39, 0.29) is 0 Å². The average molecular weight is 257 g/mol. The van der Waals surface area contributed by atoms with Gasteiger partial charge < -0.3 is 9.73 Å². The summed E-state index contributed by atoms with van der Waals surface area (Å²) in [6, 6.07) is 8.35. The molecule has 2 nitrogen and oxygen atoms in total. The zero-order valence-corrected chi connectivity index (χ0v) is 12.1. The Bertz CT molecular complexity index is 582. The Hall–Kier alpha value is -1.28. The molecular formula is C17H23NO. The van der Waals surface area contributed by atoms with E-state index in [0.29, 0.717) is 5.41 Å². The van der Waals surface area contributed by atoms with Crippen molar-refractivity contribution in [3.8, 4) is 0 Å². The van der Waals surface area contributed by atoms with Gasteiger partial charge in [0.15, 0.2) is 0 Å². The molecule has 1 saturated carbocycles. The van der Waals surface area contributed by atoms with Crippen LogP contribution in [0, 0.1) is 11.3 Å². The Morgan fingerprint density at radius 1 is 1.32 bits per heavy atom. The Morgan fingerprint density at radius 2 is 2.05 bits per heavy atom. The summed E-state index contributed by atoms with van der Waals surface area (Å²) in [6.45, 7) is 8.90. The Kier molecular flexibility index (Phi) is 3.14. The maximum Gasteiger partial charge on any atom is 0.134 e. The summed E-state index contributed by atoms with van der Waals surface area (Å²) in [6.07, 6.45) is 2.31. The average Bonchev–Trinajstić information content (AvgIpc) is 2.85. The van der Waals surface area contributed by atoms with E-state index in [4.69, 9.17) is 4.42 Å². The SMILES string of the molecule is CCc1oc2ccccc2c1CNCC1CC1(C)C. The van der Waals surface area contributed by atoms with E-state index in [0.717, 1.165) is 36.8 Å². The van der Waals surface area contributed by atoms with Gasteiger partial charge in [0, 0.05) is 23.9 Å². The molecule has 0 spiro atoms. The summed E-state index contributed by atoms with van der Waals surface area (Å²) < 4.78 is 5.92. The molecule has 1 aliphatic carbocycles. The van der Waals surface area contributed by atoms with Crippen molar-refractivity contribution in [1.82, 2.24) is 5.32 Å². The number of fused-ring (bicyclic) bond motifs is 1. The first-order valence-corrected chi connectivity index (χ1v) is 7.32. The first-order valence-electron chi connectivity index (χ1n) is 7.32. The van der Waals surface area contributed by atoms with E-state index in [2.05, 4.69) is 44.3 Å². The van der Waals surface area contributed by atoms with E-state index in [1.165, 1.54) is 17.4 Å². The van der Waals surface area contributed by atoms with Gasteiger partial charge in [-0.2, -0.15) is 0 Å². The van der Waals surface area contributed by atoms with Crippen molar-refractivity contribution < 1.29 is 4.42 Å². The van der Waals surface area contributed by atoms with Crippen LogP contribution >= 0.6 is 0 Å². The molecule has 1 unspecified atom stereocenters. The fraction of sp³-hybridized carbons (Fsp3) is 0.529. The first kappa shape index (κ1) is 12.7. The Morgan fingerprint density at radius 3 is 2.74 bits per heavy atom. The third-order valence-electron chi connectivity index (χ3n) is 4.51. The number of nitrogens with one attached hydrogen (secondary N) is 1. The van der Waals surface area contributed by atoms with Gasteiger partial charge in [0.25, 0.3) is 0 Å². The predicted octanol–water partition coefficient (Wildman–Crippen LogP) is 4.13. The van der Waals surface area contributed by atoms with Crippen molar-refractivity contribution in [1.29, 1.82) is 0 Å². The third kappa shape index (κ3) is 2.42. The topological polar surface area (TPSA) is 25.2 Å². The molecule has 2 aromatic rings. The molecule has 1 fully saturated rings. The highest BCUT2D eigenvalue weighted by Gasteiger charge is 2.44. The molecule has 1 N–H and O–H groups in total. The van der Waals surface area contributed by atoms with Gasteiger partial charge in [-0.15, -0.1) is 0 Å². The minimum Gasteiger partial charge on any atom is -0.461 e. The van der Waals surface area contributed by atoms with Gasteiger partial charge in [0.05, 0.1) is 0 Å². The highest BCUT2D eigenvalue weighted by molar-refractivity contribution is 5.82. The molecule has 2 heteroatoms. The summed E-state index contributed by atoms with van der Waals surface area (Å²) in [7, 11) is 0. The molecule has 3 rings (SSSR count). The van der Waals surface area contributed by atoms with Gasteiger partial charge >= 0.3 is 0 Å². The monoisotopic (exact) mass is 257 g/mol. The minimum absolute atomic E-state index is 0.555. The van der Waals surface area contributed by atoms with Gasteiger partial charge in [0.1, 0.15) is 11.3 Å². The van der Waals surface area contributed by atoms with Crippen LogP contribution in [0.2, 0.25) is 0 Å². The van der Waals surface area contributed by atoms with Gasteiger partial charge in [-0.05, 0) is 30.4 Å². The zero-order valence-electron chi connectivity index (χ0n) is 12.1. The minimum atomic E-state index is 0.555. The molecule has 0 saturated heterocycles. The number of para-hydroxylation sites is 1. The van der Waals surface area contributed by atoms with Crippen molar-refractivity contribution in [2.24, 2.45) is 11.3 Å². The third-order valence-corrected chi connectivity index (χ3v) is 4.51. The summed E-state index contributed by atoms with van der Waals surface area (Å²) in [5.41, 5.74) is 2.92. The fourth-order valence-electron chi connectivity index (χ4n) is 2.92. The van der Waals surface area contributed by atoms with E-state index in [1.807, 2.05) is 6.07 Å². The summed E-state index contributed by atoms with van der Waals surface area (Å²) in [5.74, 6) is 1.97. The van der Waals surface area contributed by atoms with Gasteiger partial charge in [-0.1, -0.05) is 39.0 Å². The second-order valence-corrected chi connectivity index (χ2v) is 6.37. The van der Waals surface area contributed by atoms with Crippen LogP contribution in [0.1, 0.15) is 38.5 Å². The number of hydrogen-bond donors (Lipinski definition) is 1. The highest BCUT2D eigenvalue weighted by Crippen LogP contribution is 2.51. The van der Waals surface area contributed by atoms with Crippen LogP contribution in [0.3, 0.4) is 0 Å². The normalized spacial score (nSPS) is 20.9. The molecule has 1 heterocycles. The first-order chi connectivity index (χ1) is 9.12. The van der Waals surface area contributed by atoms with Crippen LogP contribution in [0.4, 0.5) is 0 Å². The van der Waals surface area contributed by atoms with Crippen LogP contribution in [-0.2, 0) is 13.0 Å². The Balaban J connectivity index is 1.72. The van der Waals surface area contributed by atoms with Crippen LogP contribution in [-0.4, -0.2) is 6.54 Å². The van der Waals surface area contributed by atoms with Crippen molar-refractivity contribution >= 4 is 11.0 Å². The summed E-state index contributed by atoms with van der Waals surface area (Å²) in [4.78, 5) is 0. The maximum atomic E-state index is 5.92. The van der Waals surface area contributed by atoms with E-state index >= 15 is 0 Å². The molecular weight excluding hydrogens is 234 g/mol. The predicted molar refractivity (Wildman–Crippen MR) is 79.2 cm³/mol. The number of benzene rings is 1. The lowest BCUT2D eigenvalue weighted by Gasteiger charge is -2.06. The largest absolute Gasteiger partial charge is 0.461 e. The van der Waals surface area contributed by atoms with Gasteiger partial charge in [-0.25, -0.2) is 0 Å². The molecule has 0 amide bonds. The van der Waals surface area contributed by atoms with E-state index in [1.54, 1.807) is 0 Å². The zero-order chi connectivity index (χ0) is 13.5. The summed E-state index contributed by atoms with van der Waals surface area (Å²) in [5, 5.41) is 4.88. The van der Waals surface area contributed by atoms with Gasteiger partial charge in [0.2, 0.25) is 0 Å². The standard InChI is InChI=1S/C17H23NO/c1-4-15-14(11-18-10-12-9-17(12,2)3)13-7-5-6-8-16(13)19-15/h5-8,12,18H,4,9-11H2,1-3H3. The smallest absolute Gasteiger partial charge is 0.134 e. The highest BCUT2D eigenvalue weighted by atomic mass is 16.3. The number of hydrogen-bond acceptors (Lipinski definition) is 2.